The molecule has 1 heterocycles. The molecular formula is C11H17BrN2. The Labute approximate surface area is 94.3 Å². The molecule has 0 aliphatic rings. The normalized spacial score (nSPS) is 12.6. The maximum absolute atomic E-state index is 4.24. The Bertz CT molecular complexity index is 299. The van der Waals surface area contributed by atoms with Crippen molar-refractivity contribution in [2.75, 3.05) is 11.9 Å². The molecule has 1 aromatic rings. The van der Waals surface area contributed by atoms with Crippen molar-refractivity contribution in [2.24, 2.45) is 5.92 Å². The van der Waals surface area contributed by atoms with Crippen molar-refractivity contribution in [3.05, 3.63) is 22.4 Å². The molecule has 1 rings (SSSR count). The highest BCUT2D eigenvalue weighted by Gasteiger charge is 2.03. The van der Waals surface area contributed by atoms with Gasteiger partial charge in [0.05, 0.1) is 5.69 Å². The SMILES string of the molecule is CCC(C)CNc1cc(C)cnc1Br. The molecule has 0 aliphatic carbocycles. The summed E-state index contributed by atoms with van der Waals surface area (Å²) in [5, 5.41) is 3.40. The van der Waals surface area contributed by atoms with Gasteiger partial charge in [-0.2, -0.15) is 0 Å². The molecule has 0 fully saturated rings. The van der Waals surface area contributed by atoms with Gasteiger partial charge < -0.3 is 5.32 Å². The first kappa shape index (κ1) is 11.5. The summed E-state index contributed by atoms with van der Waals surface area (Å²) in [4.78, 5) is 4.24. The molecule has 0 saturated carbocycles. The molecular weight excluding hydrogens is 240 g/mol. The lowest BCUT2D eigenvalue weighted by atomic mass is 10.1. The van der Waals surface area contributed by atoms with Crippen LogP contribution in [0.25, 0.3) is 0 Å². The Morgan fingerprint density at radius 1 is 1.57 bits per heavy atom. The van der Waals surface area contributed by atoms with Gasteiger partial charge in [-0.05, 0) is 40.4 Å². The van der Waals surface area contributed by atoms with E-state index in [1.165, 1.54) is 12.0 Å². The molecule has 1 atom stereocenters. The molecule has 1 N–H and O–H groups in total. The highest BCUT2D eigenvalue weighted by Crippen LogP contribution is 2.20. The van der Waals surface area contributed by atoms with Gasteiger partial charge in [-0.1, -0.05) is 20.3 Å². The van der Waals surface area contributed by atoms with Gasteiger partial charge in [0.1, 0.15) is 4.60 Å². The fourth-order valence-corrected chi connectivity index (χ4v) is 1.46. The zero-order valence-corrected chi connectivity index (χ0v) is 10.6. The molecule has 0 aliphatic heterocycles. The average Bonchev–Trinajstić information content (AvgIpc) is 2.19. The largest absolute Gasteiger partial charge is 0.383 e. The second-order valence-corrected chi connectivity index (χ2v) is 4.50. The topological polar surface area (TPSA) is 24.9 Å². The first-order valence-electron chi connectivity index (χ1n) is 4.99. The fourth-order valence-electron chi connectivity index (χ4n) is 1.11. The van der Waals surface area contributed by atoms with E-state index in [4.69, 9.17) is 0 Å². The summed E-state index contributed by atoms with van der Waals surface area (Å²) >= 11 is 3.43. The zero-order valence-electron chi connectivity index (χ0n) is 8.97. The number of hydrogen-bond donors (Lipinski definition) is 1. The maximum Gasteiger partial charge on any atom is 0.129 e. The molecule has 14 heavy (non-hydrogen) atoms. The van der Waals surface area contributed by atoms with Gasteiger partial charge in [0.25, 0.3) is 0 Å². The van der Waals surface area contributed by atoms with Crippen LogP contribution in [0, 0.1) is 12.8 Å². The zero-order chi connectivity index (χ0) is 10.6. The highest BCUT2D eigenvalue weighted by atomic mass is 79.9. The van der Waals surface area contributed by atoms with Gasteiger partial charge in [0.15, 0.2) is 0 Å². The second kappa shape index (κ2) is 5.35. The number of aromatic nitrogens is 1. The van der Waals surface area contributed by atoms with Crippen LogP contribution in [0.4, 0.5) is 5.69 Å². The number of halogens is 1. The van der Waals surface area contributed by atoms with E-state index in [0.717, 1.165) is 16.8 Å². The quantitative estimate of drug-likeness (QED) is 0.833. The molecule has 0 amide bonds. The van der Waals surface area contributed by atoms with Crippen LogP contribution in [0.15, 0.2) is 16.9 Å². The molecule has 3 heteroatoms. The van der Waals surface area contributed by atoms with E-state index in [1.54, 1.807) is 0 Å². The second-order valence-electron chi connectivity index (χ2n) is 3.75. The predicted molar refractivity (Wildman–Crippen MR) is 64.6 cm³/mol. The van der Waals surface area contributed by atoms with Gasteiger partial charge in [0, 0.05) is 12.7 Å². The monoisotopic (exact) mass is 256 g/mol. The van der Waals surface area contributed by atoms with Crippen molar-refractivity contribution in [2.45, 2.75) is 27.2 Å². The van der Waals surface area contributed by atoms with Crippen molar-refractivity contribution in [1.29, 1.82) is 0 Å². The van der Waals surface area contributed by atoms with Crippen molar-refractivity contribution in [1.82, 2.24) is 4.98 Å². The van der Waals surface area contributed by atoms with Crippen LogP contribution in [0.2, 0.25) is 0 Å². The predicted octanol–water partition coefficient (Wildman–Crippen LogP) is 3.61. The lowest BCUT2D eigenvalue weighted by molar-refractivity contribution is 0.593. The Morgan fingerprint density at radius 3 is 2.93 bits per heavy atom. The molecule has 0 spiro atoms. The number of nitrogens with one attached hydrogen (secondary N) is 1. The molecule has 1 unspecified atom stereocenters. The van der Waals surface area contributed by atoms with E-state index in [9.17, 15) is 0 Å². The molecule has 0 saturated heterocycles. The van der Waals surface area contributed by atoms with E-state index in [2.05, 4.69) is 46.1 Å². The van der Waals surface area contributed by atoms with E-state index < -0.39 is 0 Å². The lowest BCUT2D eigenvalue weighted by Gasteiger charge is -2.12. The van der Waals surface area contributed by atoms with Crippen LogP contribution < -0.4 is 5.32 Å². The molecule has 1 aromatic heterocycles. The minimum Gasteiger partial charge on any atom is -0.383 e. The van der Waals surface area contributed by atoms with Crippen molar-refractivity contribution >= 4 is 21.6 Å². The van der Waals surface area contributed by atoms with E-state index in [-0.39, 0.29) is 0 Å². The number of nitrogens with zero attached hydrogens (tertiary/aromatic N) is 1. The smallest absolute Gasteiger partial charge is 0.129 e. The van der Waals surface area contributed by atoms with Crippen LogP contribution >= 0.6 is 15.9 Å². The van der Waals surface area contributed by atoms with Crippen molar-refractivity contribution < 1.29 is 0 Å². The van der Waals surface area contributed by atoms with Crippen LogP contribution in [-0.2, 0) is 0 Å². The van der Waals surface area contributed by atoms with Crippen molar-refractivity contribution in [3.8, 4) is 0 Å². The Morgan fingerprint density at radius 2 is 2.29 bits per heavy atom. The minimum absolute atomic E-state index is 0.697. The number of hydrogen-bond acceptors (Lipinski definition) is 2. The van der Waals surface area contributed by atoms with Gasteiger partial charge in [0.2, 0.25) is 0 Å². The standard InChI is InChI=1S/C11H17BrN2/c1-4-8(2)6-13-10-5-9(3)7-14-11(10)12/h5,7-8,13H,4,6H2,1-3H3. The third-order valence-corrected chi connectivity index (χ3v) is 2.95. The minimum atomic E-state index is 0.697. The summed E-state index contributed by atoms with van der Waals surface area (Å²) < 4.78 is 0.895. The van der Waals surface area contributed by atoms with Crippen LogP contribution in [0.1, 0.15) is 25.8 Å². The molecule has 78 valence electrons. The maximum atomic E-state index is 4.24. The van der Waals surface area contributed by atoms with Crippen LogP contribution in [0.3, 0.4) is 0 Å². The van der Waals surface area contributed by atoms with Gasteiger partial charge in [-0.3, -0.25) is 0 Å². The van der Waals surface area contributed by atoms with E-state index in [1.807, 2.05) is 13.1 Å². The summed E-state index contributed by atoms with van der Waals surface area (Å²) in [5.41, 5.74) is 2.27. The first-order valence-corrected chi connectivity index (χ1v) is 5.78. The third kappa shape index (κ3) is 3.29. The summed E-state index contributed by atoms with van der Waals surface area (Å²) in [7, 11) is 0. The summed E-state index contributed by atoms with van der Waals surface area (Å²) in [6, 6.07) is 2.11. The Hall–Kier alpha value is -0.570. The van der Waals surface area contributed by atoms with Crippen LogP contribution in [-0.4, -0.2) is 11.5 Å². The first-order chi connectivity index (χ1) is 6.63. The fraction of sp³-hybridized carbons (Fsp3) is 0.545. The Kier molecular flexibility index (Phi) is 4.39. The number of rotatable bonds is 4. The number of pyridine rings is 1. The summed E-state index contributed by atoms with van der Waals surface area (Å²) in [6.07, 6.45) is 3.06. The molecule has 0 radical (unpaired) electrons. The average molecular weight is 257 g/mol. The number of anilines is 1. The lowest BCUT2D eigenvalue weighted by Crippen LogP contribution is -2.10. The van der Waals surface area contributed by atoms with Gasteiger partial charge in [-0.15, -0.1) is 0 Å². The highest BCUT2D eigenvalue weighted by molar-refractivity contribution is 9.10. The summed E-state index contributed by atoms with van der Waals surface area (Å²) in [5.74, 6) is 0.697. The molecule has 0 aromatic carbocycles. The van der Waals surface area contributed by atoms with Gasteiger partial charge >= 0.3 is 0 Å². The molecule has 0 bridgehead atoms. The third-order valence-electron chi connectivity index (χ3n) is 2.31. The molecule has 2 nitrogen and oxygen atoms in total. The van der Waals surface area contributed by atoms with Crippen molar-refractivity contribution in [3.63, 3.8) is 0 Å². The summed E-state index contributed by atoms with van der Waals surface area (Å²) in [6.45, 7) is 7.49. The van der Waals surface area contributed by atoms with E-state index >= 15 is 0 Å². The van der Waals surface area contributed by atoms with E-state index in [0.29, 0.717) is 5.92 Å². The number of aryl methyl sites for hydroxylation is 1. The van der Waals surface area contributed by atoms with Crippen LogP contribution in [0.5, 0.6) is 0 Å². The van der Waals surface area contributed by atoms with Gasteiger partial charge in [-0.25, -0.2) is 4.98 Å². The Balaban J connectivity index is 2.62.